The van der Waals surface area contributed by atoms with Gasteiger partial charge in [-0.3, -0.25) is 9.59 Å². The molecular formula is C13H21NO4. The van der Waals surface area contributed by atoms with Gasteiger partial charge in [0, 0.05) is 18.8 Å². The molecule has 0 unspecified atom stereocenters. The molecule has 0 aromatic carbocycles. The molecular weight excluding hydrogens is 234 g/mol. The molecule has 1 saturated carbocycles. The zero-order chi connectivity index (χ0) is 13.2. The van der Waals surface area contributed by atoms with E-state index in [2.05, 4.69) is 5.32 Å². The van der Waals surface area contributed by atoms with Gasteiger partial charge in [0.25, 0.3) is 0 Å². The molecule has 0 bridgehead atoms. The minimum atomic E-state index is -0.843. The van der Waals surface area contributed by atoms with Crippen molar-refractivity contribution >= 4 is 11.9 Å². The summed E-state index contributed by atoms with van der Waals surface area (Å²) in [6.45, 7) is 3.33. The van der Waals surface area contributed by atoms with Gasteiger partial charge in [-0.1, -0.05) is 6.42 Å². The molecule has 1 amide bonds. The Balaban J connectivity index is 1.96. The summed E-state index contributed by atoms with van der Waals surface area (Å²) in [5.41, 5.74) is -0.235. The van der Waals surface area contributed by atoms with Gasteiger partial charge in [-0.2, -0.15) is 0 Å². The number of aliphatic carboxylic acids is 1. The summed E-state index contributed by atoms with van der Waals surface area (Å²) < 4.78 is 5.29. The number of hydrogen-bond donors (Lipinski definition) is 2. The number of rotatable bonds is 3. The van der Waals surface area contributed by atoms with Gasteiger partial charge in [0.05, 0.1) is 11.8 Å². The quantitative estimate of drug-likeness (QED) is 0.794. The third-order valence-electron chi connectivity index (χ3n) is 4.19. The van der Waals surface area contributed by atoms with Crippen molar-refractivity contribution in [1.29, 1.82) is 0 Å². The highest BCUT2D eigenvalue weighted by Gasteiger charge is 2.40. The first-order chi connectivity index (χ1) is 8.52. The van der Waals surface area contributed by atoms with Crippen LogP contribution in [0.3, 0.4) is 0 Å². The van der Waals surface area contributed by atoms with Crippen molar-refractivity contribution in [2.75, 3.05) is 13.2 Å². The number of nitrogens with one attached hydrogen (secondary N) is 1. The fourth-order valence-corrected chi connectivity index (χ4v) is 2.91. The van der Waals surface area contributed by atoms with E-state index in [1.54, 1.807) is 0 Å². The van der Waals surface area contributed by atoms with E-state index in [1.165, 1.54) is 0 Å². The van der Waals surface area contributed by atoms with Crippen LogP contribution in [0.2, 0.25) is 0 Å². The van der Waals surface area contributed by atoms with Gasteiger partial charge < -0.3 is 15.2 Å². The monoisotopic (exact) mass is 255 g/mol. The molecule has 2 aliphatic rings. The van der Waals surface area contributed by atoms with Crippen molar-refractivity contribution in [3.63, 3.8) is 0 Å². The summed E-state index contributed by atoms with van der Waals surface area (Å²) in [5.74, 6) is -1.80. The van der Waals surface area contributed by atoms with E-state index in [9.17, 15) is 9.59 Å². The topological polar surface area (TPSA) is 75.6 Å². The molecule has 18 heavy (non-hydrogen) atoms. The molecule has 0 spiro atoms. The number of carboxylic acids is 1. The molecule has 2 atom stereocenters. The Kier molecular flexibility index (Phi) is 3.90. The van der Waals surface area contributed by atoms with Crippen molar-refractivity contribution in [3.05, 3.63) is 0 Å². The highest BCUT2D eigenvalue weighted by Crippen LogP contribution is 2.33. The van der Waals surface area contributed by atoms with Crippen LogP contribution < -0.4 is 5.32 Å². The third kappa shape index (κ3) is 2.83. The minimum absolute atomic E-state index is 0.0932. The zero-order valence-corrected chi connectivity index (χ0v) is 10.8. The lowest BCUT2D eigenvalue weighted by molar-refractivity contribution is -0.146. The third-order valence-corrected chi connectivity index (χ3v) is 4.19. The molecule has 2 rings (SSSR count). The largest absolute Gasteiger partial charge is 0.481 e. The van der Waals surface area contributed by atoms with E-state index >= 15 is 0 Å². The molecule has 102 valence electrons. The second-order valence-electron chi connectivity index (χ2n) is 5.64. The Morgan fingerprint density at radius 1 is 1.22 bits per heavy atom. The highest BCUT2D eigenvalue weighted by atomic mass is 16.5. The number of carbonyl (C=O) groups is 2. The Labute approximate surface area is 107 Å². The number of ether oxygens (including phenoxy) is 1. The second kappa shape index (κ2) is 5.26. The summed E-state index contributed by atoms with van der Waals surface area (Å²) in [5, 5.41) is 12.1. The van der Waals surface area contributed by atoms with Crippen LogP contribution in [-0.4, -0.2) is 35.7 Å². The fraction of sp³-hybridized carbons (Fsp3) is 0.846. The van der Waals surface area contributed by atoms with Crippen LogP contribution in [-0.2, 0) is 14.3 Å². The minimum Gasteiger partial charge on any atom is -0.481 e. The molecule has 1 aliphatic carbocycles. The van der Waals surface area contributed by atoms with Crippen molar-refractivity contribution < 1.29 is 19.4 Å². The smallest absolute Gasteiger partial charge is 0.307 e. The summed E-state index contributed by atoms with van der Waals surface area (Å²) >= 11 is 0. The highest BCUT2D eigenvalue weighted by molar-refractivity contribution is 5.85. The summed E-state index contributed by atoms with van der Waals surface area (Å²) in [6.07, 6.45) is 3.73. The molecule has 1 saturated heterocycles. The molecule has 0 aromatic heterocycles. The molecule has 2 fully saturated rings. The van der Waals surface area contributed by atoms with E-state index < -0.39 is 11.9 Å². The normalized spacial score (nSPS) is 30.9. The molecule has 2 N–H and O–H groups in total. The predicted octanol–water partition coefficient (Wildman–Crippen LogP) is 1.17. The first-order valence-corrected chi connectivity index (χ1v) is 6.64. The molecule has 0 aromatic rings. The first-order valence-electron chi connectivity index (χ1n) is 6.64. The van der Waals surface area contributed by atoms with Gasteiger partial charge >= 0.3 is 5.97 Å². The summed E-state index contributed by atoms with van der Waals surface area (Å²) in [6, 6.07) is 0. The lowest BCUT2D eigenvalue weighted by Gasteiger charge is -2.35. The first kappa shape index (κ1) is 13.3. The molecule has 1 aliphatic heterocycles. The fourth-order valence-electron chi connectivity index (χ4n) is 2.91. The van der Waals surface area contributed by atoms with Gasteiger partial charge in [0.2, 0.25) is 5.91 Å². The lowest BCUT2D eigenvalue weighted by Crippen LogP contribution is -2.52. The SMILES string of the molecule is CC1(NC(=O)[C@@H]2CCC[C@@H]2C(=O)O)CCOCC1. The zero-order valence-electron chi connectivity index (χ0n) is 10.8. The van der Waals surface area contributed by atoms with Crippen molar-refractivity contribution in [2.45, 2.75) is 44.6 Å². The Morgan fingerprint density at radius 3 is 2.44 bits per heavy atom. The van der Waals surface area contributed by atoms with Crippen LogP contribution in [0.15, 0.2) is 0 Å². The Hall–Kier alpha value is -1.10. The van der Waals surface area contributed by atoms with E-state index in [1.807, 2.05) is 6.92 Å². The average molecular weight is 255 g/mol. The van der Waals surface area contributed by atoms with E-state index in [0.29, 0.717) is 26.1 Å². The Morgan fingerprint density at radius 2 is 1.83 bits per heavy atom. The van der Waals surface area contributed by atoms with Crippen LogP contribution >= 0.6 is 0 Å². The van der Waals surface area contributed by atoms with Crippen molar-refractivity contribution in [1.82, 2.24) is 5.32 Å². The molecule has 1 heterocycles. The van der Waals surface area contributed by atoms with Gasteiger partial charge in [-0.25, -0.2) is 0 Å². The van der Waals surface area contributed by atoms with Gasteiger partial charge in [-0.05, 0) is 32.6 Å². The van der Waals surface area contributed by atoms with Crippen LogP contribution in [0.4, 0.5) is 0 Å². The van der Waals surface area contributed by atoms with Crippen LogP contribution in [0.1, 0.15) is 39.0 Å². The summed E-state index contributed by atoms with van der Waals surface area (Å²) in [4.78, 5) is 23.3. The maximum absolute atomic E-state index is 12.2. The van der Waals surface area contributed by atoms with Crippen LogP contribution in [0.5, 0.6) is 0 Å². The van der Waals surface area contributed by atoms with Crippen molar-refractivity contribution in [3.8, 4) is 0 Å². The maximum Gasteiger partial charge on any atom is 0.307 e. The van der Waals surface area contributed by atoms with E-state index in [0.717, 1.165) is 19.3 Å². The van der Waals surface area contributed by atoms with E-state index in [4.69, 9.17) is 9.84 Å². The molecule has 5 nitrogen and oxygen atoms in total. The molecule has 5 heteroatoms. The van der Waals surface area contributed by atoms with Crippen LogP contribution in [0, 0.1) is 11.8 Å². The van der Waals surface area contributed by atoms with Gasteiger partial charge in [0.1, 0.15) is 0 Å². The second-order valence-corrected chi connectivity index (χ2v) is 5.64. The van der Waals surface area contributed by atoms with Gasteiger partial charge in [-0.15, -0.1) is 0 Å². The van der Waals surface area contributed by atoms with Crippen LogP contribution in [0.25, 0.3) is 0 Å². The molecule has 0 radical (unpaired) electrons. The maximum atomic E-state index is 12.2. The van der Waals surface area contributed by atoms with Crippen molar-refractivity contribution in [2.24, 2.45) is 11.8 Å². The predicted molar refractivity (Wildman–Crippen MR) is 65.1 cm³/mol. The number of amides is 1. The number of carbonyl (C=O) groups excluding carboxylic acids is 1. The average Bonchev–Trinajstić information content (AvgIpc) is 2.78. The summed E-state index contributed by atoms with van der Waals surface area (Å²) in [7, 11) is 0. The van der Waals surface area contributed by atoms with Gasteiger partial charge in [0.15, 0.2) is 0 Å². The lowest BCUT2D eigenvalue weighted by atomic mass is 9.89. The number of hydrogen-bond acceptors (Lipinski definition) is 3. The van der Waals surface area contributed by atoms with E-state index in [-0.39, 0.29) is 17.4 Å². The number of carboxylic acid groups (broad SMARTS) is 1. The standard InChI is InChI=1S/C13H21NO4/c1-13(5-7-18-8-6-13)14-11(15)9-3-2-4-10(9)12(16)17/h9-10H,2-8H2,1H3,(H,14,15)(H,16,17)/t9-,10+/m1/s1. The Bertz CT molecular complexity index is 336.